The molecule has 0 radical (unpaired) electrons. The van der Waals surface area contributed by atoms with Crippen molar-refractivity contribution in [1.82, 2.24) is 0 Å². The van der Waals surface area contributed by atoms with Crippen molar-refractivity contribution < 1.29 is 27.5 Å². The van der Waals surface area contributed by atoms with Crippen molar-refractivity contribution in [1.29, 1.82) is 0 Å². The first-order chi connectivity index (χ1) is 11.7. The van der Waals surface area contributed by atoms with Gasteiger partial charge in [0.25, 0.3) is 0 Å². The van der Waals surface area contributed by atoms with E-state index in [0.717, 1.165) is 12.1 Å². The Bertz CT molecular complexity index is 846. The summed E-state index contributed by atoms with van der Waals surface area (Å²) < 4.78 is 53.0. The standard InChI is InChI=1S/C18H13ClF4O2/c19-16-8-14(17(24)25)13(7-15(16)18(21,22)23)12-3-1-2-9-6-10(20)4-5-11(9)12/h4-8,12H,1-3H2,(H,24,25). The number of carboxylic acids is 1. The minimum absolute atomic E-state index is 0.0526. The van der Waals surface area contributed by atoms with Gasteiger partial charge in [0.2, 0.25) is 0 Å². The first-order valence-electron chi connectivity index (χ1n) is 7.60. The predicted molar refractivity (Wildman–Crippen MR) is 84.6 cm³/mol. The number of hydrogen-bond donors (Lipinski definition) is 1. The van der Waals surface area contributed by atoms with Crippen LogP contribution >= 0.6 is 11.6 Å². The van der Waals surface area contributed by atoms with Crippen molar-refractivity contribution in [2.24, 2.45) is 0 Å². The van der Waals surface area contributed by atoms with Crippen LogP contribution < -0.4 is 0 Å². The fraction of sp³-hybridized carbons (Fsp3) is 0.278. The van der Waals surface area contributed by atoms with Crippen LogP contribution in [0.2, 0.25) is 5.02 Å². The highest BCUT2D eigenvalue weighted by molar-refractivity contribution is 6.31. The highest BCUT2D eigenvalue weighted by Gasteiger charge is 2.36. The van der Waals surface area contributed by atoms with Gasteiger partial charge >= 0.3 is 12.1 Å². The van der Waals surface area contributed by atoms with Crippen LogP contribution in [0.4, 0.5) is 17.6 Å². The average molecular weight is 373 g/mol. The van der Waals surface area contributed by atoms with Crippen LogP contribution in [0.5, 0.6) is 0 Å². The summed E-state index contributed by atoms with van der Waals surface area (Å²) in [5.41, 5.74) is 0.0713. The first-order valence-corrected chi connectivity index (χ1v) is 7.98. The number of carbonyl (C=O) groups is 1. The quantitative estimate of drug-likeness (QED) is 0.690. The number of carboxylic acid groups (broad SMARTS) is 1. The molecule has 1 atom stereocenters. The molecule has 0 aliphatic heterocycles. The minimum atomic E-state index is -4.69. The highest BCUT2D eigenvalue weighted by Crippen LogP contribution is 2.43. The summed E-state index contributed by atoms with van der Waals surface area (Å²) in [5.74, 6) is -2.32. The lowest BCUT2D eigenvalue weighted by molar-refractivity contribution is -0.137. The van der Waals surface area contributed by atoms with E-state index in [1.54, 1.807) is 0 Å². The molecule has 2 aromatic carbocycles. The van der Waals surface area contributed by atoms with Gasteiger partial charge < -0.3 is 5.11 Å². The Balaban J connectivity index is 2.22. The van der Waals surface area contributed by atoms with E-state index in [4.69, 9.17) is 11.6 Å². The molecule has 25 heavy (non-hydrogen) atoms. The predicted octanol–water partition coefficient (Wildman–Crippen LogP) is 5.66. The van der Waals surface area contributed by atoms with Crippen LogP contribution in [-0.4, -0.2) is 11.1 Å². The van der Waals surface area contributed by atoms with Crippen molar-refractivity contribution in [3.63, 3.8) is 0 Å². The summed E-state index contributed by atoms with van der Waals surface area (Å²) in [6, 6.07) is 5.76. The largest absolute Gasteiger partial charge is 0.478 e. The Morgan fingerprint density at radius 2 is 1.88 bits per heavy atom. The Hall–Kier alpha value is -2.08. The number of benzene rings is 2. The zero-order chi connectivity index (χ0) is 18.4. The Morgan fingerprint density at radius 3 is 2.52 bits per heavy atom. The molecule has 0 aromatic heterocycles. The highest BCUT2D eigenvalue weighted by atomic mass is 35.5. The van der Waals surface area contributed by atoms with Gasteiger partial charge in [0.1, 0.15) is 5.82 Å². The number of aromatic carboxylic acids is 1. The number of aryl methyl sites for hydroxylation is 1. The fourth-order valence-corrected chi connectivity index (χ4v) is 3.66. The molecule has 1 N–H and O–H groups in total. The van der Waals surface area contributed by atoms with E-state index in [1.165, 1.54) is 18.2 Å². The Morgan fingerprint density at radius 1 is 1.16 bits per heavy atom. The molecule has 1 aliphatic carbocycles. The normalized spacial score (nSPS) is 17.2. The van der Waals surface area contributed by atoms with E-state index < -0.39 is 34.5 Å². The fourth-order valence-electron chi connectivity index (χ4n) is 3.39. The number of rotatable bonds is 2. The molecule has 0 amide bonds. The summed E-state index contributed by atoms with van der Waals surface area (Å²) in [5, 5.41) is 8.76. The molecule has 0 fully saturated rings. The maximum Gasteiger partial charge on any atom is 0.417 e. The third-order valence-corrected chi connectivity index (χ3v) is 4.78. The average Bonchev–Trinajstić information content (AvgIpc) is 2.52. The van der Waals surface area contributed by atoms with Gasteiger partial charge in [-0.3, -0.25) is 0 Å². The minimum Gasteiger partial charge on any atom is -0.478 e. The van der Waals surface area contributed by atoms with Gasteiger partial charge in [0.15, 0.2) is 0 Å². The molecule has 7 heteroatoms. The van der Waals surface area contributed by atoms with E-state index in [0.29, 0.717) is 30.4 Å². The number of hydrogen-bond acceptors (Lipinski definition) is 1. The van der Waals surface area contributed by atoms with Gasteiger partial charge in [0, 0.05) is 5.92 Å². The molecule has 2 aromatic rings. The SMILES string of the molecule is O=C(O)c1cc(Cl)c(C(F)(F)F)cc1C1CCCc2cc(F)ccc21. The zero-order valence-corrected chi connectivity index (χ0v) is 13.6. The summed E-state index contributed by atoms with van der Waals surface area (Å²) in [6.07, 6.45) is -2.98. The molecule has 0 bridgehead atoms. The molecule has 1 unspecified atom stereocenters. The first kappa shape index (κ1) is 17.7. The molecule has 0 heterocycles. The van der Waals surface area contributed by atoms with Crippen molar-refractivity contribution >= 4 is 17.6 Å². The second-order valence-electron chi connectivity index (χ2n) is 6.01. The van der Waals surface area contributed by atoms with Gasteiger partial charge in [-0.2, -0.15) is 13.2 Å². The third-order valence-electron chi connectivity index (χ3n) is 4.47. The van der Waals surface area contributed by atoms with Crippen molar-refractivity contribution in [2.45, 2.75) is 31.4 Å². The summed E-state index contributed by atoms with van der Waals surface area (Å²) in [7, 11) is 0. The summed E-state index contributed by atoms with van der Waals surface area (Å²) >= 11 is 5.66. The maximum atomic E-state index is 13.4. The molecule has 0 saturated heterocycles. The molecule has 0 spiro atoms. The molecule has 1 aliphatic rings. The maximum absolute atomic E-state index is 13.4. The lowest BCUT2D eigenvalue weighted by atomic mass is 9.77. The lowest BCUT2D eigenvalue weighted by Crippen LogP contribution is -2.17. The van der Waals surface area contributed by atoms with E-state index in [1.807, 2.05) is 0 Å². The number of alkyl halides is 3. The number of halogens is 5. The smallest absolute Gasteiger partial charge is 0.417 e. The van der Waals surface area contributed by atoms with Crippen LogP contribution in [0.3, 0.4) is 0 Å². The Kier molecular flexibility index (Phi) is 4.49. The number of fused-ring (bicyclic) bond motifs is 1. The zero-order valence-electron chi connectivity index (χ0n) is 12.8. The van der Waals surface area contributed by atoms with Gasteiger partial charge in [-0.15, -0.1) is 0 Å². The van der Waals surface area contributed by atoms with Crippen molar-refractivity contribution in [3.8, 4) is 0 Å². The molecule has 3 rings (SSSR count). The lowest BCUT2D eigenvalue weighted by Gasteiger charge is -2.28. The molecule has 2 nitrogen and oxygen atoms in total. The molecule has 0 saturated carbocycles. The van der Waals surface area contributed by atoms with Crippen LogP contribution in [0.15, 0.2) is 30.3 Å². The summed E-state index contributed by atoms with van der Waals surface area (Å²) in [6.45, 7) is 0. The van der Waals surface area contributed by atoms with E-state index in [2.05, 4.69) is 0 Å². The second kappa shape index (κ2) is 6.33. The van der Waals surface area contributed by atoms with Crippen LogP contribution in [0, 0.1) is 5.82 Å². The van der Waals surface area contributed by atoms with Crippen molar-refractivity contribution in [3.05, 3.63) is 69.0 Å². The van der Waals surface area contributed by atoms with Gasteiger partial charge in [0.05, 0.1) is 16.1 Å². The molecular weight excluding hydrogens is 360 g/mol. The second-order valence-corrected chi connectivity index (χ2v) is 6.42. The third kappa shape index (κ3) is 3.35. The molecular formula is C18H13ClF4O2. The van der Waals surface area contributed by atoms with Gasteiger partial charge in [-0.25, -0.2) is 9.18 Å². The van der Waals surface area contributed by atoms with Crippen LogP contribution in [0.25, 0.3) is 0 Å². The molecule has 132 valence electrons. The Labute approximate surface area is 146 Å². The summed E-state index contributed by atoms with van der Waals surface area (Å²) in [4.78, 5) is 11.5. The van der Waals surface area contributed by atoms with Crippen LogP contribution in [0.1, 0.15) is 51.4 Å². The van der Waals surface area contributed by atoms with Gasteiger partial charge in [-0.1, -0.05) is 17.7 Å². The van der Waals surface area contributed by atoms with E-state index in [9.17, 15) is 27.5 Å². The monoisotopic (exact) mass is 372 g/mol. The van der Waals surface area contributed by atoms with Crippen molar-refractivity contribution in [2.75, 3.05) is 0 Å². The van der Waals surface area contributed by atoms with Gasteiger partial charge in [-0.05, 0) is 60.2 Å². The topological polar surface area (TPSA) is 37.3 Å². The van der Waals surface area contributed by atoms with E-state index >= 15 is 0 Å². The van der Waals surface area contributed by atoms with E-state index in [-0.39, 0.29) is 11.1 Å². The van der Waals surface area contributed by atoms with Crippen LogP contribution in [-0.2, 0) is 12.6 Å².